The molecule has 1 unspecified atom stereocenters. The largest absolute Gasteiger partial charge is 0.393 e. The van der Waals surface area contributed by atoms with Gasteiger partial charge in [0.05, 0.1) is 19.3 Å². The summed E-state index contributed by atoms with van der Waals surface area (Å²) in [5.74, 6) is 1.99. The molecular weight excluding hydrogens is 232 g/mol. The van der Waals surface area contributed by atoms with Crippen LogP contribution >= 0.6 is 0 Å². The number of nitrogens with zero attached hydrogens (tertiary/aromatic N) is 4. The molecule has 1 aromatic heterocycles. The molecule has 1 atom stereocenters. The number of fused-ring (bicyclic) bond motifs is 1. The predicted octanol–water partition coefficient (Wildman–Crippen LogP) is -0.540. The van der Waals surface area contributed by atoms with Crippen molar-refractivity contribution >= 4 is 0 Å². The Bertz CT molecular complexity index is 401. The van der Waals surface area contributed by atoms with Crippen LogP contribution in [-0.4, -0.2) is 63.7 Å². The van der Waals surface area contributed by atoms with E-state index in [0.29, 0.717) is 6.42 Å². The smallest absolute Gasteiger partial charge is 0.135 e. The van der Waals surface area contributed by atoms with Crippen LogP contribution in [0, 0.1) is 0 Å². The number of rotatable bonds is 3. The Hall–Kier alpha value is -0.980. The minimum absolute atomic E-state index is 0.242. The van der Waals surface area contributed by atoms with Crippen molar-refractivity contribution in [1.82, 2.24) is 19.7 Å². The van der Waals surface area contributed by atoms with Crippen LogP contribution in [0.15, 0.2) is 0 Å². The molecule has 0 aromatic carbocycles. The highest BCUT2D eigenvalue weighted by Crippen LogP contribution is 2.15. The molecule has 3 rings (SSSR count). The maximum atomic E-state index is 9.60. The van der Waals surface area contributed by atoms with E-state index in [1.807, 2.05) is 0 Å². The first-order chi connectivity index (χ1) is 8.83. The van der Waals surface area contributed by atoms with Crippen LogP contribution in [0.2, 0.25) is 0 Å². The summed E-state index contributed by atoms with van der Waals surface area (Å²) in [6, 6.07) is 0. The summed E-state index contributed by atoms with van der Waals surface area (Å²) in [6.07, 6.45) is 2.15. The lowest BCUT2D eigenvalue weighted by atomic mass is 10.1. The zero-order valence-electron chi connectivity index (χ0n) is 10.6. The Morgan fingerprint density at radius 2 is 2.06 bits per heavy atom. The number of aromatic nitrogens is 3. The maximum Gasteiger partial charge on any atom is 0.135 e. The number of aliphatic hydroxyl groups is 1. The second-order valence-electron chi connectivity index (χ2n) is 5.03. The molecule has 6 nitrogen and oxygen atoms in total. The van der Waals surface area contributed by atoms with Gasteiger partial charge in [0.1, 0.15) is 11.6 Å². The molecule has 1 N–H and O–H groups in total. The summed E-state index contributed by atoms with van der Waals surface area (Å²) in [5, 5.41) is 18.0. The van der Waals surface area contributed by atoms with Crippen molar-refractivity contribution in [2.45, 2.75) is 31.9 Å². The van der Waals surface area contributed by atoms with Crippen LogP contribution in [0.3, 0.4) is 0 Å². The third kappa shape index (κ3) is 2.55. The monoisotopic (exact) mass is 252 g/mol. The predicted molar refractivity (Wildman–Crippen MR) is 65.3 cm³/mol. The van der Waals surface area contributed by atoms with E-state index >= 15 is 0 Å². The molecule has 2 aliphatic heterocycles. The molecule has 0 aliphatic carbocycles. The van der Waals surface area contributed by atoms with Crippen LogP contribution in [0.25, 0.3) is 0 Å². The first-order valence-electron chi connectivity index (χ1n) is 6.72. The lowest BCUT2D eigenvalue weighted by Crippen LogP contribution is -2.37. The Kier molecular flexibility index (Phi) is 3.58. The van der Waals surface area contributed by atoms with Gasteiger partial charge in [0.25, 0.3) is 0 Å². The van der Waals surface area contributed by atoms with Gasteiger partial charge in [0.15, 0.2) is 0 Å². The number of morpholine rings is 1. The third-order valence-corrected chi connectivity index (χ3v) is 3.76. The molecule has 18 heavy (non-hydrogen) atoms. The highest BCUT2D eigenvalue weighted by molar-refractivity contribution is 5.01. The molecular formula is C12H20N4O2. The van der Waals surface area contributed by atoms with Crippen LogP contribution in [-0.2, 0) is 24.1 Å². The van der Waals surface area contributed by atoms with E-state index in [1.165, 1.54) is 0 Å². The van der Waals surface area contributed by atoms with E-state index in [4.69, 9.17) is 4.74 Å². The van der Waals surface area contributed by atoms with E-state index in [1.54, 1.807) is 0 Å². The molecule has 1 aromatic rings. The van der Waals surface area contributed by atoms with Crippen LogP contribution in [0.4, 0.5) is 0 Å². The Labute approximate surface area is 107 Å². The van der Waals surface area contributed by atoms with Crippen LogP contribution in [0.1, 0.15) is 18.1 Å². The molecule has 0 bridgehead atoms. The summed E-state index contributed by atoms with van der Waals surface area (Å²) >= 11 is 0. The van der Waals surface area contributed by atoms with Crippen molar-refractivity contribution in [2.24, 2.45) is 0 Å². The molecule has 0 spiro atoms. The van der Waals surface area contributed by atoms with Crippen molar-refractivity contribution < 1.29 is 9.84 Å². The average molecular weight is 252 g/mol. The van der Waals surface area contributed by atoms with Gasteiger partial charge >= 0.3 is 0 Å². The quantitative estimate of drug-likeness (QED) is 0.783. The number of hydrogen-bond acceptors (Lipinski definition) is 5. The van der Waals surface area contributed by atoms with Gasteiger partial charge in [-0.15, -0.1) is 10.2 Å². The van der Waals surface area contributed by atoms with Gasteiger partial charge in [0.2, 0.25) is 0 Å². The van der Waals surface area contributed by atoms with Gasteiger partial charge in [-0.25, -0.2) is 0 Å². The summed E-state index contributed by atoms with van der Waals surface area (Å²) in [5.41, 5.74) is 0. The van der Waals surface area contributed by atoms with Crippen LogP contribution in [0.5, 0.6) is 0 Å². The molecule has 100 valence electrons. The van der Waals surface area contributed by atoms with Gasteiger partial charge < -0.3 is 14.4 Å². The molecule has 1 fully saturated rings. The first kappa shape index (κ1) is 12.1. The molecule has 2 aliphatic rings. The summed E-state index contributed by atoms with van der Waals surface area (Å²) in [4.78, 5) is 2.41. The normalized spacial score (nSPS) is 25.1. The molecule has 1 saturated heterocycles. The maximum absolute atomic E-state index is 9.60. The molecule has 6 heteroatoms. The third-order valence-electron chi connectivity index (χ3n) is 3.76. The fourth-order valence-corrected chi connectivity index (χ4v) is 2.64. The van der Waals surface area contributed by atoms with Gasteiger partial charge in [0, 0.05) is 39.0 Å². The second kappa shape index (κ2) is 5.34. The van der Waals surface area contributed by atoms with Crippen molar-refractivity contribution in [3.8, 4) is 0 Å². The van der Waals surface area contributed by atoms with Crippen molar-refractivity contribution in [3.05, 3.63) is 11.6 Å². The highest BCUT2D eigenvalue weighted by atomic mass is 16.5. The lowest BCUT2D eigenvalue weighted by Gasteiger charge is -2.26. The van der Waals surface area contributed by atoms with Crippen molar-refractivity contribution in [2.75, 3.05) is 32.8 Å². The highest BCUT2D eigenvalue weighted by Gasteiger charge is 2.21. The van der Waals surface area contributed by atoms with Crippen LogP contribution < -0.4 is 0 Å². The van der Waals surface area contributed by atoms with E-state index in [9.17, 15) is 5.11 Å². The number of hydrogen-bond donors (Lipinski definition) is 1. The SMILES string of the molecule is OC1CCn2c(CCN3CCOCC3)nnc2C1. The minimum Gasteiger partial charge on any atom is -0.393 e. The Morgan fingerprint density at radius 3 is 2.89 bits per heavy atom. The summed E-state index contributed by atoms with van der Waals surface area (Å²) in [6.45, 7) is 5.57. The zero-order valence-corrected chi connectivity index (χ0v) is 10.6. The Morgan fingerprint density at radius 1 is 1.22 bits per heavy atom. The minimum atomic E-state index is -0.242. The zero-order chi connectivity index (χ0) is 12.4. The topological polar surface area (TPSA) is 63.4 Å². The van der Waals surface area contributed by atoms with E-state index in [2.05, 4.69) is 19.7 Å². The lowest BCUT2D eigenvalue weighted by molar-refractivity contribution is 0.0380. The van der Waals surface area contributed by atoms with Gasteiger partial charge in [-0.05, 0) is 6.42 Å². The molecule has 0 radical (unpaired) electrons. The Balaban J connectivity index is 1.59. The number of aliphatic hydroxyl groups excluding tert-OH is 1. The van der Waals surface area contributed by atoms with Crippen molar-refractivity contribution in [1.29, 1.82) is 0 Å². The second-order valence-corrected chi connectivity index (χ2v) is 5.03. The molecule has 0 saturated carbocycles. The molecule has 3 heterocycles. The van der Waals surface area contributed by atoms with Gasteiger partial charge in [-0.1, -0.05) is 0 Å². The fourth-order valence-electron chi connectivity index (χ4n) is 2.64. The summed E-state index contributed by atoms with van der Waals surface area (Å²) in [7, 11) is 0. The van der Waals surface area contributed by atoms with E-state index in [-0.39, 0.29) is 6.10 Å². The fraction of sp³-hybridized carbons (Fsp3) is 0.833. The van der Waals surface area contributed by atoms with Crippen molar-refractivity contribution in [3.63, 3.8) is 0 Å². The van der Waals surface area contributed by atoms with E-state index in [0.717, 1.165) is 63.9 Å². The standard InChI is InChI=1S/C12H20N4O2/c17-10-1-4-16-11(13-14-12(16)9-10)2-3-15-5-7-18-8-6-15/h10,17H,1-9H2. The average Bonchev–Trinajstić information content (AvgIpc) is 2.80. The first-order valence-corrected chi connectivity index (χ1v) is 6.72. The van der Waals surface area contributed by atoms with Gasteiger partial charge in [-0.2, -0.15) is 0 Å². The van der Waals surface area contributed by atoms with Gasteiger partial charge in [-0.3, -0.25) is 4.90 Å². The number of ether oxygens (including phenoxy) is 1. The van der Waals surface area contributed by atoms with E-state index < -0.39 is 0 Å². The summed E-state index contributed by atoms with van der Waals surface area (Å²) < 4.78 is 7.51. The molecule has 0 amide bonds.